The van der Waals surface area contributed by atoms with Gasteiger partial charge in [0.15, 0.2) is 11.6 Å². The van der Waals surface area contributed by atoms with Crippen LogP contribution >= 0.6 is 0 Å². The molecule has 0 radical (unpaired) electrons. The molecule has 3 aromatic rings. The predicted octanol–water partition coefficient (Wildman–Crippen LogP) is 6.16. The Morgan fingerprint density at radius 1 is 0.972 bits per heavy atom. The van der Waals surface area contributed by atoms with Gasteiger partial charge in [-0.15, -0.1) is 0 Å². The zero-order valence-corrected chi connectivity index (χ0v) is 20.6. The van der Waals surface area contributed by atoms with E-state index in [0.717, 1.165) is 75.5 Å². The largest absolute Gasteiger partial charge is 0.388 e. The van der Waals surface area contributed by atoms with Crippen molar-refractivity contribution >= 4 is 16.9 Å². The molecule has 5 nitrogen and oxygen atoms in total. The van der Waals surface area contributed by atoms with Crippen molar-refractivity contribution in [1.82, 2.24) is 14.9 Å². The number of imidazole rings is 1. The molecule has 5 rings (SSSR count). The molecule has 2 saturated carbocycles. The summed E-state index contributed by atoms with van der Waals surface area (Å²) in [5.41, 5.74) is 1.43. The predicted molar refractivity (Wildman–Crippen MR) is 135 cm³/mol. The fourth-order valence-electron chi connectivity index (χ4n) is 6.09. The van der Waals surface area contributed by atoms with E-state index in [4.69, 9.17) is 0 Å². The van der Waals surface area contributed by atoms with Crippen LogP contribution in [0.4, 0.5) is 8.78 Å². The van der Waals surface area contributed by atoms with Gasteiger partial charge < -0.3 is 15.0 Å². The number of carbonyl (C=O) groups excluding carboxylic acids is 1. The number of nitrogens with zero attached hydrogens (tertiary/aromatic N) is 2. The third-order valence-electron chi connectivity index (χ3n) is 7.96. The van der Waals surface area contributed by atoms with E-state index in [1.807, 2.05) is 30.3 Å². The average Bonchev–Trinajstić information content (AvgIpc) is 3.22. The number of rotatable bonds is 7. The van der Waals surface area contributed by atoms with Gasteiger partial charge in [-0.1, -0.05) is 68.9 Å². The van der Waals surface area contributed by atoms with Gasteiger partial charge in [0.05, 0.1) is 17.1 Å². The van der Waals surface area contributed by atoms with Crippen molar-refractivity contribution in [2.45, 2.75) is 88.8 Å². The summed E-state index contributed by atoms with van der Waals surface area (Å²) >= 11 is 0. The molecule has 2 aliphatic rings. The first-order chi connectivity index (χ1) is 17.5. The monoisotopic (exact) mass is 495 g/mol. The van der Waals surface area contributed by atoms with Gasteiger partial charge in [-0.3, -0.25) is 4.79 Å². The van der Waals surface area contributed by atoms with Crippen LogP contribution in [-0.2, 0) is 11.2 Å². The highest BCUT2D eigenvalue weighted by molar-refractivity contribution is 5.85. The molecule has 36 heavy (non-hydrogen) atoms. The summed E-state index contributed by atoms with van der Waals surface area (Å²) in [7, 11) is 0. The lowest BCUT2D eigenvalue weighted by Gasteiger charge is -2.34. The first kappa shape index (κ1) is 24.9. The molecule has 0 spiro atoms. The molecule has 7 heteroatoms. The van der Waals surface area contributed by atoms with Gasteiger partial charge in [0.2, 0.25) is 5.91 Å². The van der Waals surface area contributed by atoms with Crippen molar-refractivity contribution in [1.29, 1.82) is 0 Å². The molecule has 0 saturated heterocycles. The zero-order valence-electron chi connectivity index (χ0n) is 20.6. The molecule has 192 valence electrons. The van der Waals surface area contributed by atoms with Gasteiger partial charge >= 0.3 is 0 Å². The maximum atomic E-state index is 14.5. The summed E-state index contributed by atoms with van der Waals surface area (Å²) in [4.78, 5) is 18.6. The Morgan fingerprint density at radius 3 is 2.31 bits per heavy atom. The van der Waals surface area contributed by atoms with Crippen LogP contribution in [0.3, 0.4) is 0 Å². The van der Waals surface area contributed by atoms with E-state index >= 15 is 0 Å². The lowest BCUT2D eigenvalue weighted by Crippen LogP contribution is -2.44. The molecule has 2 aromatic carbocycles. The van der Waals surface area contributed by atoms with Crippen molar-refractivity contribution in [2.24, 2.45) is 5.92 Å². The van der Waals surface area contributed by atoms with Crippen molar-refractivity contribution in [2.75, 3.05) is 0 Å². The summed E-state index contributed by atoms with van der Waals surface area (Å²) in [6, 6.07) is 11.1. The third kappa shape index (κ3) is 5.31. The highest BCUT2D eigenvalue weighted by Gasteiger charge is 2.35. The Morgan fingerprint density at radius 2 is 1.61 bits per heavy atom. The van der Waals surface area contributed by atoms with Gasteiger partial charge in [0.25, 0.3) is 0 Å². The number of hydrogen-bond donors (Lipinski definition) is 2. The summed E-state index contributed by atoms with van der Waals surface area (Å²) < 4.78 is 30.5. The van der Waals surface area contributed by atoms with E-state index in [1.165, 1.54) is 6.42 Å². The molecule has 2 atom stereocenters. The van der Waals surface area contributed by atoms with Gasteiger partial charge in [0, 0.05) is 24.6 Å². The third-order valence-corrected chi connectivity index (χ3v) is 7.96. The van der Waals surface area contributed by atoms with Crippen LogP contribution in [0.2, 0.25) is 0 Å². The van der Waals surface area contributed by atoms with Crippen LogP contribution in [0.5, 0.6) is 0 Å². The summed E-state index contributed by atoms with van der Waals surface area (Å²) in [6.07, 6.45) is 9.62. The molecule has 2 fully saturated rings. The number of amides is 1. The summed E-state index contributed by atoms with van der Waals surface area (Å²) in [5, 5.41) is 14.3. The van der Waals surface area contributed by atoms with Crippen LogP contribution in [0.25, 0.3) is 11.0 Å². The maximum Gasteiger partial charge on any atom is 0.243 e. The number of hydrogen-bond acceptors (Lipinski definition) is 3. The van der Waals surface area contributed by atoms with Crippen molar-refractivity contribution in [3.05, 3.63) is 65.5 Å². The van der Waals surface area contributed by atoms with Gasteiger partial charge in [0.1, 0.15) is 11.9 Å². The van der Waals surface area contributed by atoms with Crippen molar-refractivity contribution in [3.8, 4) is 0 Å². The molecule has 1 heterocycles. The Bertz CT molecular complexity index is 1180. The lowest BCUT2D eigenvalue weighted by atomic mass is 9.82. The maximum absolute atomic E-state index is 14.5. The minimum absolute atomic E-state index is 0.0699. The van der Waals surface area contributed by atoms with E-state index < -0.39 is 23.8 Å². The molecule has 0 aliphatic heterocycles. The van der Waals surface area contributed by atoms with Crippen LogP contribution in [-0.4, -0.2) is 26.6 Å². The fraction of sp³-hybridized carbons (Fsp3) is 0.517. The topological polar surface area (TPSA) is 67.2 Å². The number of nitrogens with one attached hydrogen (secondary N) is 1. The Kier molecular flexibility index (Phi) is 7.65. The van der Waals surface area contributed by atoms with E-state index in [1.54, 1.807) is 4.57 Å². The molecule has 0 bridgehead atoms. The first-order valence-corrected chi connectivity index (χ1v) is 13.4. The smallest absolute Gasteiger partial charge is 0.243 e. The number of carbonyl (C=O) groups is 1. The van der Waals surface area contributed by atoms with Gasteiger partial charge in [-0.25, -0.2) is 13.8 Å². The zero-order chi connectivity index (χ0) is 25.1. The SMILES string of the molecule is O=C(NC1CCCCC1)C(C1CCCCC1)n1c(CC(O)c2ccccc2)nc2cc(F)c(F)cc21. The molecule has 2 unspecified atom stereocenters. The van der Waals surface area contributed by atoms with E-state index in [9.17, 15) is 18.7 Å². The Labute approximate surface area is 210 Å². The number of benzene rings is 2. The standard InChI is InChI=1S/C29H35F2N3O2/c30-22-16-24-25(17-23(22)31)34(27(33-24)18-26(35)19-10-4-1-5-11-19)28(20-12-6-2-7-13-20)29(36)32-21-14-8-3-9-15-21/h1,4-5,10-11,16-17,20-21,26,28,35H,2-3,6-9,12-15,18H2,(H,32,36). The fourth-order valence-corrected chi connectivity index (χ4v) is 6.09. The minimum Gasteiger partial charge on any atom is -0.388 e. The highest BCUT2D eigenvalue weighted by atomic mass is 19.2. The van der Waals surface area contributed by atoms with E-state index in [2.05, 4.69) is 10.3 Å². The number of aromatic nitrogens is 2. The number of fused-ring (bicyclic) bond motifs is 1. The van der Waals surface area contributed by atoms with Crippen molar-refractivity contribution < 1.29 is 18.7 Å². The summed E-state index contributed by atoms with van der Waals surface area (Å²) in [5.74, 6) is -1.47. The quantitative estimate of drug-likeness (QED) is 0.412. The second-order valence-electron chi connectivity index (χ2n) is 10.5. The second-order valence-corrected chi connectivity index (χ2v) is 10.5. The molecule has 2 N–H and O–H groups in total. The van der Waals surface area contributed by atoms with E-state index in [0.29, 0.717) is 16.9 Å². The van der Waals surface area contributed by atoms with Gasteiger partial charge in [-0.2, -0.15) is 0 Å². The Balaban J connectivity index is 1.58. The first-order valence-electron chi connectivity index (χ1n) is 13.4. The van der Waals surface area contributed by atoms with Crippen LogP contribution < -0.4 is 5.32 Å². The van der Waals surface area contributed by atoms with Crippen LogP contribution in [0, 0.1) is 17.6 Å². The molecule has 2 aliphatic carbocycles. The molecular weight excluding hydrogens is 460 g/mol. The second kappa shape index (κ2) is 11.1. The summed E-state index contributed by atoms with van der Waals surface area (Å²) in [6.45, 7) is 0. The van der Waals surface area contributed by atoms with E-state index in [-0.39, 0.29) is 24.3 Å². The Hall–Kier alpha value is -2.80. The molecular formula is C29H35F2N3O2. The number of halogens is 2. The van der Waals surface area contributed by atoms with Gasteiger partial charge in [-0.05, 0) is 37.2 Å². The molecule has 1 aromatic heterocycles. The number of aliphatic hydroxyl groups is 1. The molecule has 1 amide bonds. The highest BCUT2D eigenvalue weighted by Crippen LogP contribution is 2.37. The van der Waals surface area contributed by atoms with Crippen LogP contribution in [0.15, 0.2) is 42.5 Å². The normalized spacial score (nSPS) is 19.3. The minimum atomic E-state index is -0.969. The average molecular weight is 496 g/mol. The number of aliphatic hydroxyl groups excluding tert-OH is 1. The van der Waals surface area contributed by atoms with Crippen molar-refractivity contribution in [3.63, 3.8) is 0 Å². The lowest BCUT2D eigenvalue weighted by molar-refractivity contribution is -0.127. The van der Waals surface area contributed by atoms with Crippen LogP contribution in [0.1, 0.15) is 87.7 Å².